The third-order valence-electron chi connectivity index (χ3n) is 8.33. The molecule has 2 aliphatic rings. The predicted octanol–water partition coefficient (Wildman–Crippen LogP) is 4.98. The molecule has 1 aromatic heterocycles. The van der Waals surface area contributed by atoms with Crippen molar-refractivity contribution in [3.05, 3.63) is 94.8 Å². The van der Waals surface area contributed by atoms with Gasteiger partial charge in [-0.1, -0.05) is 12.1 Å². The van der Waals surface area contributed by atoms with Crippen LogP contribution in [0.2, 0.25) is 0 Å². The average molecular weight is 670 g/mol. The van der Waals surface area contributed by atoms with Crippen LogP contribution in [-0.4, -0.2) is 72.6 Å². The van der Waals surface area contributed by atoms with Gasteiger partial charge in [0.15, 0.2) is 0 Å². The third kappa shape index (κ3) is 8.06. The molecule has 46 heavy (non-hydrogen) atoms. The molecular formula is C31H33F6N5O3S. The highest BCUT2D eigenvalue weighted by molar-refractivity contribution is 7.86. The van der Waals surface area contributed by atoms with E-state index in [4.69, 9.17) is 0 Å². The van der Waals surface area contributed by atoms with Crippen LogP contribution in [0.4, 0.5) is 32.0 Å². The van der Waals surface area contributed by atoms with E-state index in [1.165, 1.54) is 22.6 Å². The second-order valence-corrected chi connectivity index (χ2v) is 13.4. The van der Waals surface area contributed by atoms with Crippen molar-refractivity contribution < 1.29 is 39.6 Å². The molecule has 0 aliphatic carbocycles. The lowest BCUT2D eigenvalue weighted by atomic mass is 9.88. The van der Waals surface area contributed by atoms with E-state index < -0.39 is 70.1 Å². The summed E-state index contributed by atoms with van der Waals surface area (Å²) in [5.41, 5.74) is 0.659. The molecule has 2 aromatic carbocycles. The first-order chi connectivity index (χ1) is 21.8. The normalized spacial score (nSPS) is 19.9. The van der Waals surface area contributed by atoms with Crippen molar-refractivity contribution in [3.63, 3.8) is 0 Å². The van der Waals surface area contributed by atoms with E-state index in [0.717, 1.165) is 34.8 Å². The highest BCUT2D eigenvalue weighted by atomic mass is 32.2. The summed E-state index contributed by atoms with van der Waals surface area (Å²) in [7, 11) is -4.06. The third-order valence-corrected chi connectivity index (χ3v) is 10.4. The van der Waals surface area contributed by atoms with E-state index in [9.17, 15) is 35.2 Å². The molecule has 248 valence electrons. The molecular weight excluding hydrogens is 636 g/mol. The lowest BCUT2D eigenvalue weighted by Crippen LogP contribution is -2.58. The van der Waals surface area contributed by atoms with Crippen LogP contribution >= 0.6 is 0 Å². The SMILES string of the molecule is O=C(C[C@@H](c1ccc(F)cc1)c1cc(F)cc(F)c1)Nc1cncc(F)c1CC[C@H]1CNCCN1S(=O)(=O)N1CCC(F)(F)CC1. The zero-order valence-corrected chi connectivity index (χ0v) is 25.5. The highest BCUT2D eigenvalue weighted by Gasteiger charge is 2.42. The first-order valence-electron chi connectivity index (χ1n) is 14.8. The fraction of sp³-hybridized carbons (Fsp3) is 0.419. The zero-order valence-electron chi connectivity index (χ0n) is 24.7. The molecule has 0 saturated carbocycles. The van der Waals surface area contributed by atoms with Crippen LogP contribution in [0, 0.1) is 23.3 Å². The van der Waals surface area contributed by atoms with Crippen molar-refractivity contribution in [1.82, 2.24) is 18.9 Å². The highest BCUT2D eigenvalue weighted by Crippen LogP contribution is 2.32. The van der Waals surface area contributed by atoms with Gasteiger partial charge in [-0.3, -0.25) is 9.78 Å². The molecule has 15 heteroatoms. The molecule has 3 aromatic rings. The minimum Gasteiger partial charge on any atom is -0.324 e. The summed E-state index contributed by atoms with van der Waals surface area (Å²) in [6, 6.07) is 7.35. The summed E-state index contributed by atoms with van der Waals surface area (Å²) in [6.45, 7) is 0.106. The summed E-state index contributed by atoms with van der Waals surface area (Å²) in [6.07, 6.45) is 0.875. The van der Waals surface area contributed by atoms with Crippen molar-refractivity contribution in [3.8, 4) is 0 Å². The molecule has 0 spiro atoms. The van der Waals surface area contributed by atoms with Crippen LogP contribution in [0.5, 0.6) is 0 Å². The molecule has 5 rings (SSSR count). The zero-order chi connectivity index (χ0) is 33.1. The summed E-state index contributed by atoms with van der Waals surface area (Å²) in [5.74, 6) is -7.42. The van der Waals surface area contributed by atoms with E-state index in [-0.39, 0.29) is 62.3 Å². The summed E-state index contributed by atoms with van der Waals surface area (Å²) >= 11 is 0. The van der Waals surface area contributed by atoms with Crippen molar-refractivity contribution in [1.29, 1.82) is 0 Å². The Labute approximate surface area is 263 Å². The van der Waals surface area contributed by atoms with Gasteiger partial charge in [0.05, 0.1) is 18.1 Å². The van der Waals surface area contributed by atoms with Crippen molar-refractivity contribution in [2.45, 2.75) is 50.0 Å². The van der Waals surface area contributed by atoms with Gasteiger partial charge in [0.25, 0.3) is 16.1 Å². The Morgan fingerprint density at radius 3 is 2.30 bits per heavy atom. The maximum absolute atomic E-state index is 15.1. The first-order valence-corrected chi connectivity index (χ1v) is 16.2. The molecule has 2 N–H and O–H groups in total. The number of hydrogen-bond acceptors (Lipinski definition) is 5. The fourth-order valence-electron chi connectivity index (χ4n) is 5.91. The van der Waals surface area contributed by atoms with E-state index in [2.05, 4.69) is 15.6 Å². The molecule has 0 unspecified atom stereocenters. The number of amides is 1. The number of benzene rings is 2. The van der Waals surface area contributed by atoms with Gasteiger partial charge in [0, 0.05) is 75.6 Å². The first kappa shape index (κ1) is 33.8. The summed E-state index contributed by atoms with van der Waals surface area (Å²) in [5, 5.41) is 5.74. The number of piperazine rings is 1. The molecule has 0 radical (unpaired) electrons. The van der Waals surface area contributed by atoms with Gasteiger partial charge in [-0.25, -0.2) is 26.3 Å². The maximum Gasteiger partial charge on any atom is 0.282 e. The fourth-order valence-corrected chi connectivity index (χ4v) is 7.72. The van der Waals surface area contributed by atoms with Crippen LogP contribution in [0.25, 0.3) is 0 Å². The van der Waals surface area contributed by atoms with E-state index in [1.807, 2.05) is 0 Å². The van der Waals surface area contributed by atoms with Gasteiger partial charge >= 0.3 is 0 Å². The number of halogens is 6. The van der Waals surface area contributed by atoms with Gasteiger partial charge in [0.2, 0.25) is 5.91 Å². The predicted molar refractivity (Wildman–Crippen MR) is 158 cm³/mol. The number of alkyl halides is 2. The largest absolute Gasteiger partial charge is 0.324 e. The second-order valence-electron chi connectivity index (χ2n) is 11.5. The maximum atomic E-state index is 15.1. The Morgan fingerprint density at radius 2 is 1.63 bits per heavy atom. The minimum absolute atomic E-state index is 0.00307. The number of pyridine rings is 1. The molecule has 1 amide bonds. The van der Waals surface area contributed by atoms with Crippen molar-refractivity contribution in [2.75, 3.05) is 38.0 Å². The number of rotatable bonds is 10. The Hall–Kier alpha value is -3.53. The van der Waals surface area contributed by atoms with Gasteiger partial charge < -0.3 is 10.6 Å². The number of hydrogen-bond donors (Lipinski definition) is 2. The lowest BCUT2D eigenvalue weighted by Gasteiger charge is -2.40. The number of nitrogens with zero attached hydrogens (tertiary/aromatic N) is 3. The van der Waals surface area contributed by atoms with Crippen LogP contribution in [0.3, 0.4) is 0 Å². The quantitative estimate of drug-likeness (QED) is 0.297. The lowest BCUT2D eigenvalue weighted by molar-refractivity contribution is -0.116. The van der Waals surface area contributed by atoms with Crippen LogP contribution in [-0.2, 0) is 21.4 Å². The van der Waals surface area contributed by atoms with Crippen molar-refractivity contribution >= 4 is 21.8 Å². The minimum atomic E-state index is -4.06. The average Bonchev–Trinajstić information content (AvgIpc) is 2.99. The Morgan fingerprint density at radius 1 is 0.957 bits per heavy atom. The van der Waals surface area contributed by atoms with Gasteiger partial charge in [-0.05, 0) is 48.2 Å². The topological polar surface area (TPSA) is 94.6 Å². The van der Waals surface area contributed by atoms with Gasteiger partial charge in [-0.2, -0.15) is 17.0 Å². The number of carbonyl (C=O) groups excluding carboxylic acids is 1. The number of carbonyl (C=O) groups is 1. The summed E-state index contributed by atoms with van der Waals surface area (Å²) in [4.78, 5) is 17.1. The van der Waals surface area contributed by atoms with Gasteiger partial charge in [0.1, 0.15) is 23.3 Å². The number of anilines is 1. The Bertz CT molecular complexity index is 1630. The Kier molecular flexibility index (Phi) is 10.3. The molecule has 8 nitrogen and oxygen atoms in total. The molecule has 2 fully saturated rings. The number of nitrogens with one attached hydrogen (secondary N) is 2. The van der Waals surface area contributed by atoms with Crippen LogP contribution in [0.1, 0.15) is 48.3 Å². The van der Waals surface area contributed by atoms with Gasteiger partial charge in [-0.15, -0.1) is 0 Å². The number of aromatic nitrogens is 1. The molecule has 0 bridgehead atoms. The van der Waals surface area contributed by atoms with Crippen molar-refractivity contribution in [2.24, 2.45) is 0 Å². The smallest absolute Gasteiger partial charge is 0.282 e. The van der Waals surface area contributed by atoms with Crippen LogP contribution in [0.15, 0.2) is 54.9 Å². The standard InChI is InChI=1S/C31H33F6N5O3S/c32-22-3-1-20(2-4-22)27(21-13-23(33)15-24(34)14-21)16-30(43)40-29-19-39-18-28(35)26(29)6-5-25-17-38-9-12-42(25)46(44,45)41-10-7-31(36,37)8-11-41/h1-4,13-15,18-19,25,27,38H,5-12,16-17H2,(H,40,43)/t25-,27-/m0/s1. The summed E-state index contributed by atoms with van der Waals surface area (Å²) < 4.78 is 113. The second kappa shape index (κ2) is 14.1. The Balaban J connectivity index is 1.32. The monoisotopic (exact) mass is 669 g/mol. The molecule has 2 aliphatic heterocycles. The van der Waals surface area contributed by atoms with Crippen LogP contribution < -0.4 is 10.6 Å². The van der Waals surface area contributed by atoms with E-state index in [1.54, 1.807) is 0 Å². The molecule has 3 heterocycles. The van der Waals surface area contributed by atoms with E-state index in [0.29, 0.717) is 18.2 Å². The van der Waals surface area contributed by atoms with E-state index >= 15 is 4.39 Å². The molecule has 2 saturated heterocycles. The molecule has 2 atom stereocenters. The number of piperidine rings is 1.